The highest BCUT2D eigenvalue weighted by molar-refractivity contribution is 8.76. The minimum atomic E-state index is -0.348. The van der Waals surface area contributed by atoms with Gasteiger partial charge >= 0.3 is 11.9 Å². The highest BCUT2D eigenvalue weighted by atomic mass is 33.1. The Morgan fingerprint density at radius 3 is 1.82 bits per heavy atom. The summed E-state index contributed by atoms with van der Waals surface area (Å²) in [5, 5.41) is 18.1. The summed E-state index contributed by atoms with van der Waals surface area (Å²) in [7, 11) is 3.34. The molecule has 0 heterocycles. The molecule has 2 N–H and O–H groups in total. The molecule has 0 saturated heterocycles. The maximum Gasteiger partial charge on any atom is 0.320 e. The highest BCUT2D eigenvalue weighted by Gasteiger charge is 2.19. The van der Waals surface area contributed by atoms with Crippen LogP contribution in [0, 0.1) is 5.92 Å². The van der Waals surface area contributed by atoms with Crippen LogP contribution in [-0.2, 0) is 19.1 Å². The van der Waals surface area contributed by atoms with Crippen molar-refractivity contribution in [2.75, 3.05) is 57.6 Å². The average molecular weight is 676 g/mol. The van der Waals surface area contributed by atoms with Gasteiger partial charge in [-0.1, -0.05) is 137 Å². The summed E-state index contributed by atoms with van der Waals surface area (Å²) in [4.78, 5) is 26.5. The van der Waals surface area contributed by atoms with Crippen LogP contribution in [0.2, 0.25) is 0 Å². The molecule has 45 heavy (non-hydrogen) atoms. The van der Waals surface area contributed by atoms with E-state index in [0.717, 1.165) is 44.3 Å². The van der Waals surface area contributed by atoms with Crippen LogP contribution in [0.15, 0.2) is 12.2 Å². The molecule has 1 unspecified atom stereocenters. The third-order valence-electron chi connectivity index (χ3n) is 7.88. The molecule has 0 amide bonds. The van der Waals surface area contributed by atoms with Gasteiger partial charge in [0.25, 0.3) is 0 Å². The van der Waals surface area contributed by atoms with Crippen molar-refractivity contribution >= 4 is 33.5 Å². The van der Waals surface area contributed by atoms with Gasteiger partial charge in [0.1, 0.15) is 6.61 Å². The Labute approximate surface area is 284 Å². The highest BCUT2D eigenvalue weighted by Crippen LogP contribution is 2.23. The van der Waals surface area contributed by atoms with Gasteiger partial charge in [0.2, 0.25) is 0 Å². The molecule has 0 radical (unpaired) electrons. The van der Waals surface area contributed by atoms with Crippen LogP contribution in [0.4, 0.5) is 0 Å². The maximum atomic E-state index is 12.9. The zero-order valence-corrected chi connectivity index (χ0v) is 30.7. The van der Waals surface area contributed by atoms with E-state index in [-0.39, 0.29) is 37.6 Å². The number of unbranched alkanes of at least 4 members (excludes halogenated alkanes) is 14. The molecule has 9 heteroatoms. The van der Waals surface area contributed by atoms with Crippen molar-refractivity contribution in [2.24, 2.45) is 5.92 Å². The molecule has 0 aromatic heterocycles. The summed E-state index contributed by atoms with van der Waals surface area (Å²) < 4.78 is 11.0. The summed E-state index contributed by atoms with van der Waals surface area (Å²) >= 11 is 0. The Hall–Kier alpha value is -0.740. The first-order valence-electron chi connectivity index (χ1n) is 18.2. The van der Waals surface area contributed by atoms with E-state index < -0.39 is 0 Å². The summed E-state index contributed by atoms with van der Waals surface area (Å²) in [5.41, 5.74) is 0. The van der Waals surface area contributed by atoms with Gasteiger partial charge in [-0.25, -0.2) is 0 Å². The van der Waals surface area contributed by atoms with Crippen molar-refractivity contribution in [3.05, 3.63) is 12.2 Å². The third-order valence-corrected chi connectivity index (χ3v) is 10.3. The molecule has 0 aliphatic carbocycles. The molecule has 0 aliphatic rings. The summed E-state index contributed by atoms with van der Waals surface area (Å²) in [6.45, 7) is 5.89. The number of aliphatic hydroxyl groups is 2. The fraction of sp³-hybridized carbons (Fsp3) is 0.889. The van der Waals surface area contributed by atoms with E-state index in [0.29, 0.717) is 32.1 Å². The van der Waals surface area contributed by atoms with Gasteiger partial charge in [0.05, 0.1) is 32.3 Å². The number of rotatable bonds is 35. The van der Waals surface area contributed by atoms with Crippen LogP contribution in [0.5, 0.6) is 0 Å². The van der Waals surface area contributed by atoms with Crippen molar-refractivity contribution in [3.63, 3.8) is 0 Å². The molecule has 0 spiro atoms. The molecule has 266 valence electrons. The second-order valence-corrected chi connectivity index (χ2v) is 14.7. The lowest BCUT2D eigenvalue weighted by atomic mass is 9.95. The molecule has 0 aliphatic heterocycles. The second kappa shape index (κ2) is 36.1. The number of hydrogen-bond donors (Lipinski definition) is 2. The van der Waals surface area contributed by atoms with Gasteiger partial charge in [-0.15, -0.1) is 0 Å². The topological polar surface area (TPSA) is 96.3 Å². The molecule has 1 atom stereocenters. The van der Waals surface area contributed by atoms with E-state index in [1.807, 2.05) is 0 Å². The zero-order chi connectivity index (χ0) is 33.1. The van der Waals surface area contributed by atoms with Crippen molar-refractivity contribution in [3.8, 4) is 0 Å². The molecule has 0 fully saturated rings. The molecule has 0 aromatic rings. The lowest BCUT2D eigenvalue weighted by Crippen LogP contribution is -2.35. The molecule has 7 nitrogen and oxygen atoms in total. The third kappa shape index (κ3) is 31.6. The van der Waals surface area contributed by atoms with Crippen LogP contribution in [-0.4, -0.2) is 84.6 Å². The number of ether oxygens (including phenoxy) is 2. The first kappa shape index (κ1) is 44.3. The predicted octanol–water partition coefficient (Wildman–Crippen LogP) is 8.76. The molecule has 0 saturated carbocycles. The first-order valence-corrected chi connectivity index (χ1v) is 20.7. The lowest BCUT2D eigenvalue weighted by molar-refractivity contribution is -0.149. The Balaban J connectivity index is 4.14. The molecule has 0 bridgehead atoms. The minimum Gasteiger partial charge on any atom is -0.465 e. The molecule has 0 rings (SSSR count). The number of aliphatic hydroxyl groups excluding tert-OH is 2. The minimum absolute atomic E-state index is 0.00388. The van der Waals surface area contributed by atoms with Crippen molar-refractivity contribution in [1.82, 2.24) is 4.90 Å². The molecular formula is C36H69NO6S2. The fourth-order valence-corrected chi connectivity index (χ4v) is 7.04. The number of carbonyl (C=O) groups is 2. The number of hydrogen-bond acceptors (Lipinski definition) is 9. The van der Waals surface area contributed by atoms with Crippen molar-refractivity contribution in [2.45, 2.75) is 142 Å². The van der Waals surface area contributed by atoms with Gasteiger partial charge in [0.15, 0.2) is 0 Å². The number of carbonyl (C=O) groups excluding carboxylic acids is 2. The summed E-state index contributed by atoms with van der Waals surface area (Å²) in [5.74, 6) is 1.17. The van der Waals surface area contributed by atoms with E-state index in [1.165, 1.54) is 89.9 Å². The van der Waals surface area contributed by atoms with Gasteiger partial charge in [-0.05, 0) is 38.5 Å². The van der Waals surface area contributed by atoms with Crippen molar-refractivity contribution in [1.29, 1.82) is 0 Å². The average Bonchev–Trinajstić information content (AvgIpc) is 3.03. The van der Waals surface area contributed by atoms with Gasteiger partial charge < -0.3 is 19.7 Å². The Kier molecular flexibility index (Phi) is 35.5. The van der Waals surface area contributed by atoms with E-state index in [4.69, 9.17) is 19.7 Å². The molecular weight excluding hydrogens is 607 g/mol. The largest absolute Gasteiger partial charge is 0.465 e. The van der Waals surface area contributed by atoms with E-state index in [1.54, 1.807) is 26.5 Å². The smallest absolute Gasteiger partial charge is 0.320 e. The van der Waals surface area contributed by atoms with Crippen molar-refractivity contribution < 1.29 is 29.3 Å². The quantitative estimate of drug-likeness (QED) is 0.0296. The zero-order valence-electron chi connectivity index (χ0n) is 29.0. The second-order valence-electron chi connectivity index (χ2n) is 12.0. The van der Waals surface area contributed by atoms with Gasteiger partial charge in [-0.2, -0.15) is 0 Å². The van der Waals surface area contributed by atoms with Crippen LogP contribution in [0.3, 0.4) is 0 Å². The van der Waals surface area contributed by atoms with Crippen LogP contribution < -0.4 is 0 Å². The Morgan fingerprint density at radius 1 is 0.644 bits per heavy atom. The monoisotopic (exact) mass is 675 g/mol. The lowest BCUT2D eigenvalue weighted by Gasteiger charge is -2.18. The van der Waals surface area contributed by atoms with E-state index >= 15 is 0 Å². The predicted molar refractivity (Wildman–Crippen MR) is 194 cm³/mol. The number of nitrogens with zero attached hydrogens (tertiary/aromatic N) is 1. The van der Waals surface area contributed by atoms with Gasteiger partial charge in [-0.3, -0.25) is 14.5 Å². The van der Waals surface area contributed by atoms with Crippen LogP contribution in [0.1, 0.15) is 142 Å². The van der Waals surface area contributed by atoms with Crippen LogP contribution in [0.25, 0.3) is 0 Å². The van der Waals surface area contributed by atoms with E-state index in [2.05, 4.69) is 26.0 Å². The number of allylic oxidation sites excluding steroid dienone is 2. The normalized spacial score (nSPS) is 12.3. The van der Waals surface area contributed by atoms with Crippen LogP contribution >= 0.6 is 21.6 Å². The van der Waals surface area contributed by atoms with Gasteiger partial charge in [0, 0.05) is 24.6 Å². The Bertz CT molecular complexity index is 676. The summed E-state index contributed by atoms with van der Waals surface area (Å²) in [6, 6.07) is 0. The molecule has 0 aromatic carbocycles. The standard InChI is InChI=1S/C36H69NO6S2/c1-3-5-7-9-11-12-13-14-15-17-19-21-24-34(23-20-18-16-10-8-6-4-2)36(41)43-29-22-31-44-45-32-30-42-35(40)33-37(25-27-38)26-28-39/h16,18,34,38-39H,3-15,17,19-33H2,1-2H3/b18-16-. The van der Waals surface area contributed by atoms with E-state index in [9.17, 15) is 9.59 Å². The fourth-order valence-electron chi connectivity index (χ4n) is 5.15. The Morgan fingerprint density at radius 2 is 1.20 bits per heavy atom. The summed E-state index contributed by atoms with van der Waals surface area (Å²) in [6.07, 6.45) is 28.9. The number of esters is 2. The first-order chi connectivity index (χ1) is 22.1. The SMILES string of the molecule is CCCCC/C=C\CCC(CCCCCCCCCCCCCC)C(=O)OCCCSSCCOC(=O)CN(CCO)CCO. The maximum absolute atomic E-state index is 12.9.